The summed E-state index contributed by atoms with van der Waals surface area (Å²) in [5, 5.41) is 2.68. The van der Waals surface area contributed by atoms with Crippen LogP contribution in [0.25, 0.3) is 20.2 Å². The van der Waals surface area contributed by atoms with Crippen LogP contribution in [-0.4, -0.2) is 6.54 Å². The molecule has 3 aromatic carbocycles. The molecule has 0 aliphatic heterocycles. The van der Waals surface area contributed by atoms with E-state index in [2.05, 4.69) is 72.8 Å². The van der Waals surface area contributed by atoms with Crippen LogP contribution in [-0.2, 0) is 0 Å². The highest BCUT2D eigenvalue weighted by Crippen LogP contribution is 2.39. The second-order valence-electron chi connectivity index (χ2n) is 5.52. The Morgan fingerprint density at radius 3 is 2.32 bits per heavy atom. The minimum atomic E-state index is 0.248. The molecule has 1 aromatic heterocycles. The van der Waals surface area contributed by atoms with Crippen LogP contribution < -0.4 is 5.73 Å². The van der Waals surface area contributed by atoms with Crippen molar-refractivity contribution in [2.75, 3.05) is 6.54 Å². The second-order valence-corrected chi connectivity index (χ2v) is 6.57. The van der Waals surface area contributed by atoms with E-state index in [4.69, 9.17) is 5.73 Å². The van der Waals surface area contributed by atoms with Gasteiger partial charge in [0.15, 0.2) is 0 Å². The molecule has 0 bridgehead atoms. The molecule has 1 unspecified atom stereocenters. The molecule has 0 saturated heterocycles. The van der Waals surface area contributed by atoms with Crippen LogP contribution in [0.2, 0.25) is 0 Å². The molecule has 4 rings (SSSR count). The lowest BCUT2D eigenvalue weighted by atomic mass is 9.90. The SMILES string of the molecule is NCC(c1ccccc1)c1cccc2c1sc1ccccc12. The van der Waals surface area contributed by atoms with Crippen LogP contribution in [0.3, 0.4) is 0 Å². The smallest absolute Gasteiger partial charge is 0.0394 e. The van der Waals surface area contributed by atoms with E-state index in [1.165, 1.54) is 31.3 Å². The molecular formula is C20H17NS. The standard InChI is InChI=1S/C20H17NS/c21-13-18(14-7-2-1-3-8-14)17-11-6-10-16-15-9-4-5-12-19(15)22-20(16)17/h1-12,18H,13,21H2. The number of benzene rings is 3. The maximum atomic E-state index is 6.13. The largest absolute Gasteiger partial charge is 0.330 e. The van der Waals surface area contributed by atoms with Crippen molar-refractivity contribution in [1.29, 1.82) is 0 Å². The number of thiophene rings is 1. The zero-order valence-electron chi connectivity index (χ0n) is 12.2. The molecule has 1 nitrogen and oxygen atoms in total. The van der Waals surface area contributed by atoms with Gasteiger partial charge in [0.05, 0.1) is 0 Å². The molecule has 0 radical (unpaired) electrons. The van der Waals surface area contributed by atoms with E-state index in [9.17, 15) is 0 Å². The average molecular weight is 303 g/mol. The Balaban J connectivity index is 1.98. The third-order valence-electron chi connectivity index (χ3n) is 4.25. The molecule has 0 spiro atoms. The fourth-order valence-corrected chi connectivity index (χ4v) is 4.44. The number of hydrogen-bond acceptors (Lipinski definition) is 2. The molecule has 4 aromatic rings. The van der Waals surface area contributed by atoms with E-state index in [1.54, 1.807) is 0 Å². The van der Waals surface area contributed by atoms with Crippen LogP contribution in [0.4, 0.5) is 0 Å². The first kappa shape index (κ1) is 13.5. The van der Waals surface area contributed by atoms with Gasteiger partial charge in [-0.25, -0.2) is 0 Å². The lowest BCUT2D eigenvalue weighted by Gasteiger charge is -2.16. The van der Waals surface area contributed by atoms with Crippen molar-refractivity contribution in [3.05, 3.63) is 83.9 Å². The fourth-order valence-electron chi connectivity index (χ4n) is 3.17. The maximum Gasteiger partial charge on any atom is 0.0394 e. The predicted molar refractivity (Wildman–Crippen MR) is 96.7 cm³/mol. The number of nitrogens with two attached hydrogens (primary N) is 1. The zero-order valence-corrected chi connectivity index (χ0v) is 13.0. The van der Waals surface area contributed by atoms with Gasteiger partial charge in [0.25, 0.3) is 0 Å². The maximum absolute atomic E-state index is 6.13. The Bertz CT molecular complexity index is 924. The first-order valence-corrected chi connectivity index (χ1v) is 8.35. The van der Waals surface area contributed by atoms with Crippen LogP contribution in [0.15, 0.2) is 72.8 Å². The minimum Gasteiger partial charge on any atom is -0.330 e. The summed E-state index contributed by atoms with van der Waals surface area (Å²) >= 11 is 1.87. The third-order valence-corrected chi connectivity index (χ3v) is 5.48. The van der Waals surface area contributed by atoms with E-state index in [0.717, 1.165) is 0 Å². The Hall–Kier alpha value is -2.16. The van der Waals surface area contributed by atoms with Gasteiger partial charge in [-0.2, -0.15) is 0 Å². The van der Waals surface area contributed by atoms with Gasteiger partial charge in [0, 0.05) is 32.6 Å². The quantitative estimate of drug-likeness (QED) is 0.557. The second kappa shape index (κ2) is 5.56. The van der Waals surface area contributed by atoms with Crippen molar-refractivity contribution in [1.82, 2.24) is 0 Å². The van der Waals surface area contributed by atoms with Crippen LogP contribution in [0.5, 0.6) is 0 Å². The zero-order chi connectivity index (χ0) is 14.9. The molecule has 0 aliphatic rings. The summed E-state index contributed by atoms with van der Waals surface area (Å²) in [4.78, 5) is 0. The summed E-state index contributed by atoms with van der Waals surface area (Å²) in [6.45, 7) is 0.622. The van der Waals surface area contributed by atoms with Crippen molar-refractivity contribution < 1.29 is 0 Å². The van der Waals surface area contributed by atoms with E-state index >= 15 is 0 Å². The Morgan fingerprint density at radius 1 is 0.773 bits per heavy atom. The topological polar surface area (TPSA) is 26.0 Å². The molecule has 0 saturated carbocycles. The first-order chi connectivity index (χ1) is 10.9. The molecule has 2 N–H and O–H groups in total. The van der Waals surface area contributed by atoms with Gasteiger partial charge >= 0.3 is 0 Å². The van der Waals surface area contributed by atoms with Crippen molar-refractivity contribution in [3.63, 3.8) is 0 Å². The molecule has 2 heteroatoms. The molecule has 108 valence electrons. The van der Waals surface area contributed by atoms with Crippen molar-refractivity contribution in [2.24, 2.45) is 5.73 Å². The van der Waals surface area contributed by atoms with E-state index in [1.807, 2.05) is 11.3 Å². The minimum absolute atomic E-state index is 0.248. The van der Waals surface area contributed by atoms with E-state index in [-0.39, 0.29) is 5.92 Å². The highest BCUT2D eigenvalue weighted by molar-refractivity contribution is 7.26. The Labute approximate surface area is 134 Å². The van der Waals surface area contributed by atoms with Crippen molar-refractivity contribution in [2.45, 2.75) is 5.92 Å². The molecule has 0 fully saturated rings. The van der Waals surface area contributed by atoms with E-state index < -0.39 is 0 Å². The molecule has 22 heavy (non-hydrogen) atoms. The van der Waals surface area contributed by atoms with Gasteiger partial charge in [-0.15, -0.1) is 11.3 Å². The molecule has 0 aliphatic carbocycles. The van der Waals surface area contributed by atoms with Gasteiger partial charge < -0.3 is 5.73 Å². The fraction of sp³-hybridized carbons (Fsp3) is 0.100. The van der Waals surface area contributed by atoms with Crippen LogP contribution >= 0.6 is 11.3 Å². The van der Waals surface area contributed by atoms with Crippen molar-refractivity contribution in [3.8, 4) is 0 Å². The normalized spacial score (nSPS) is 12.8. The monoisotopic (exact) mass is 303 g/mol. The Kier molecular flexibility index (Phi) is 3.41. The first-order valence-electron chi connectivity index (χ1n) is 7.53. The summed E-state index contributed by atoms with van der Waals surface area (Å²) in [5.41, 5.74) is 8.75. The number of fused-ring (bicyclic) bond motifs is 3. The molecular weight excluding hydrogens is 286 g/mol. The summed E-state index contributed by atoms with van der Waals surface area (Å²) < 4.78 is 2.71. The van der Waals surface area contributed by atoms with Gasteiger partial charge in [0.1, 0.15) is 0 Å². The molecule has 0 amide bonds. The van der Waals surface area contributed by atoms with Crippen LogP contribution in [0, 0.1) is 0 Å². The summed E-state index contributed by atoms with van der Waals surface area (Å²) in [7, 11) is 0. The summed E-state index contributed by atoms with van der Waals surface area (Å²) in [6.07, 6.45) is 0. The van der Waals surface area contributed by atoms with Gasteiger partial charge in [0.2, 0.25) is 0 Å². The predicted octanol–water partition coefficient (Wildman–Crippen LogP) is 5.15. The highest BCUT2D eigenvalue weighted by Gasteiger charge is 2.17. The third kappa shape index (κ3) is 2.12. The Morgan fingerprint density at radius 2 is 1.50 bits per heavy atom. The lowest BCUT2D eigenvalue weighted by molar-refractivity contribution is 0.827. The van der Waals surface area contributed by atoms with Gasteiger partial charge in [-0.3, -0.25) is 0 Å². The number of rotatable bonds is 3. The summed E-state index contributed by atoms with van der Waals surface area (Å²) in [5.74, 6) is 0.248. The highest BCUT2D eigenvalue weighted by atomic mass is 32.1. The van der Waals surface area contributed by atoms with Gasteiger partial charge in [-0.1, -0.05) is 66.7 Å². The molecule has 1 atom stereocenters. The summed E-state index contributed by atoms with van der Waals surface area (Å²) in [6, 6.07) is 25.8. The van der Waals surface area contributed by atoms with Gasteiger partial charge in [-0.05, 0) is 17.2 Å². The van der Waals surface area contributed by atoms with Crippen molar-refractivity contribution >= 4 is 31.5 Å². The average Bonchev–Trinajstić information content (AvgIpc) is 2.96. The number of hydrogen-bond donors (Lipinski definition) is 1. The van der Waals surface area contributed by atoms with E-state index in [0.29, 0.717) is 6.54 Å². The molecule has 1 heterocycles. The van der Waals surface area contributed by atoms with Crippen LogP contribution in [0.1, 0.15) is 17.0 Å². The lowest BCUT2D eigenvalue weighted by Crippen LogP contribution is -2.13.